The van der Waals surface area contributed by atoms with Crippen LogP contribution in [0.2, 0.25) is 0 Å². The van der Waals surface area contributed by atoms with Crippen LogP contribution >= 0.6 is 0 Å². The fourth-order valence-electron chi connectivity index (χ4n) is 5.12. The minimum Gasteiger partial charge on any atom is -0.465 e. The molecule has 8 nitrogen and oxygen atoms in total. The second-order valence-electron chi connectivity index (χ2n) is 9.44. The molecule has 1 amide bonds. The van der Waals surface area contributed by atoms with Crippen molar-refractivity contribution in [3.8, 4) is 0 Å². The van der Waals surface area contributed by atoms with E-state index in [-0.39, 0.29) is 30.2 Å². The SMILES string of the molecule is CCOC(=O)C(CC(=O)N1CCC[C@H]1CCc1cc2ccc(C(=N)N)cc2n1CC)NC1CC1. The Balaban J connectivity index is 1.42. The summed E-state index contributed by atoms with van der Waals surface area (Å²) in [5.74, 6) is -0.212. The lowest BCUT2D eigenvalue weighted by molar-refractivity contribution is -0.148. The predicted molar refractivity (Wildman–Crippen MR) is 133 cm³/mol. The number of hydrogen-bond donors (Lipinski definition) is 3. The summed E-state index contributed by atoms with van der Waals surface area (Å²) in [4.78, 5) is 27.6. The van der Waals surface area contributed by atoms with Gasteiger partial charge in [-0.05, 0) is 69.9 Å². The van der Waals surface area contributed by atoms with Gasteiger partial charge in [-0.3, -0.25) is 15.0 Å². The van der Waals surface area contributed by atoms with Crippen LogP contribution in [0.3, 0.4) is 0 Å². The van der Waals surface area contributed by atoms with Gasteiger partial charge in [0.2, 0.25) is 5.91 Å². The van der Waals surface area contributed by atoms with Crippen molar-refractivity contribution in [3.63, 3.8) is 0 Å². The molecule has 1 aliphatic carbocycles. The summed E-state index contributed by atoms with van der Waals surface area (Å²) in [7, 11) is 0. The van der Waals surface area contributed by atoms with Gasteiger partial charge < -0.3 is 25.3 Å². The van der Waals surface area contributed by atoms with Crippen molar-refractivity contribution in [2.24, 2.45) is 5.73 Å². The summed E-state index contributed by atoms with van der Waals surface area (Å²) >= 11 is 0. The molecule has 34 heavy (non-hydrogen) atoms. The van der Waals surface area contributed by atoms with E-state index in [9.17, 15) is 9.59 Å². The topological polar surface area (TPSA) is 113 Å². The molecule has 4 rings (SSSR count). The van der Waals surface area contributed by atoms with Crippen LogP contribution in [-0.2, 0) is 27.3 Å². The number of benzene rings is 1. The number of amidine groups is 1. The number of esters is 1. The highest BCUT2D eigenvalue weighted by molar-refractivity contribution is 5.98. The number of amides is 1. The fourth-order valence-corrected chi connectivity index (χ4v) is 5.12. The zero-order valence-corrected chi connectivity index (χ0v) is 20.3. The predicted octanol–water partition coefficient (Wildman–Crippen LogP) is 2.94. The first-order chi connectivity index (χ1) is 16.4. The number of ether oxygens (including phenoxy) is 1. The van der Waals surface area contributed by atoms with Gasteiger partial charge in [-0.15, -0.1) is 0 Å². The average molecular weight is 468 g/mol. The monoisotopic (exact) mass is 467 g/mol. The lowest BCUT2D eigenvalue weighted by atomic mass is 10.1. The third kappa shape index (κ3) is 5.43. The molecule has 0 spiro atoms. The first-order valence-electron chi connectivity index (χ1n) is 12.6. The van der Waals surface area contributed by atoms with Crippen LogP contribution in [0.15, 0.2) is 24.3 Å². The quantitative estimate of drug-likeness (QED) is 0.267. The molecule has 1 aromatic carbocycles. The number of nitrogens with one attached hydrogen (secondary N) is 2. The second-order valence-corrected chi connectivity index (χ2v) is 9.44. The molecule has 2 fully saturated rings. The smallest absolute Gasteiger partial charge is 0.323 e. The fraction of sp³-hybridized carbons (Fsp3) is 0.577. The summed E-state index contributed by atoms with van der Waals surface area (Å²) in [5.41, 5.74) is 8.75. The Bertz CT molecular complexity index is 1060. The maximum atomic E-state index is 13.2. The van der Waals surface area contributed by atoms with Crippen molar-refractivity contribution in [1.29, 1.82) is 5.41 Å². The number of likely N-dealkylation sites (tertiary alicyclic amines) is 1. The summed E-state index contributed by atoms with van der Waals surface area (Å²) in [6, 6.07) is 8.07. The maximum absolute atomic E-state index is 13.2. The average Bonchev–Trinajstić information content (AvgIpc) is 3.38. The highest BCUT2D eigenvalue weighted by Gasteiger charge is 2.35. The third-order valence-corrected chi connectivity index (χ3v) is 7.01. The summed E-state index contributed by atoms with van der Waals surface area (Å²) < 4.78 is 7.49. The Hall–Kier alpha value is -2.87. The van der Waals surface area contributed by atoms with E-state index in [4.69, 9.17) is 15.9 Å². The van der Waals surface area contributed by atoms with E-state index in [1.54, 1.807) is 6.92 Å². The molecular formula is C26H37N5O3. The standard InChI is InChI=1S/C26H37N5O3/c1-3-30-21(14-17-7-8-18(25(27)28)15-23(17)30)12-11-20-6-5-13-31(20)24(32)16-22(26(33)34-4-2)29-19-9-10-19/h7-8,14-15,19-20,22,29H,3-6,9-13,16H2,1-2H3,(H3,27,28)/t20-,22?/m0/s1. The molecule has 1 saturated carbocycles. The Morgan fingerprint density at radius 2 is 2.03 bits per heavy atom. The number of fused-ring (bicyclic) bond motifs is 1. The maximum Gasteiger partial charge on any atom is 0.323 e. The summed E-state index contributed by atoms with van der Waals surface area (Å²) in [5, 5.41) is 12.2. The number of nitrogens with zero attached hydrogens (tertiary/aromatic N) is 2. The van der Waals surface area contributed by atoms with Crippen molar-refractivity contribution in [2.45, 2.75) is 83.5 Å². The number of nitrogens with two attached hydrogens (primary N) is 1. The molecule has 1 saturated heterocycles. The molecule has 2 heterocycles. The summed E-state index contributed by atoms with van der Waals surface area (Å²) in [6.45, 7) is 5.82. The van der Waals surface area contributed by atoms with Gasteiger partial charge in [0, 0.05) is 41.9 Å². The molecule has 0 bridgehead atoms. The number of hydrogen-bond acceptors (Lipinski definition) is 5. The van der Waals surface area contributed by atoms with Crippen LogP contribution in [-0.4, -0.2) is 58.5 Å². The first-order valence-corrected chi connectivity index (χ1v) is 12.6. The Kier molecular flexibility index (Phi) is 7.56. The molecule has 2 aliphatic rings. The van der Waals surface area contributed by atoms with Crippen LogP contribution in [0.25, 0.3) is 10.9 Å². The molecule has 184 valence electrons. The van der Waals surface area contributed by atoms with E-state index in [2.05, 4.69) is 22.9 Å². The second kappa shape index (κ2) is 10.6. The van der Waals surface area contributed by atoms with E-state index in [1.807, 2.05) is 23.1 Å². The number of nitrogen functional groups attached to an aromatic ring is 1. The Labute approximate surface area is 201 Å². The van der Waals surface area contributed by atoms with E-state index >= 15 is 0 Å². The molecule has 8 heteroatoms. The summed E-state index contributed by atoms with van der Waals surface area (Å²) in [6.07, 6.45) is 6.01. The van der Waals surface area contributed by atoms with Gasteiger partial charge in [0.05, 0.1) is 13.0 Å². The minimum atomic E-state index is -0.556. The van der Waals surface area contributed by atoms with Crippen molar-refractivity contribution >= 4 is 28.6 Å². The zero-order chi connectivity index (χ0) is 24.2. The lowest BCUT2D eigenvalue weighted by Crippen LogP contribution is -2.45. The molecular weight excluding hydrogens is 430 g/mol. The number of aryl methyl sites for hydroxylation is 2. The number of aromatic nitrogens is 1. The highest BCUT2D eigenvalue weighted by atomic mass is 16.5. The van der Waals surface area contributed by atoms with Gasteiger partial charge in [-0.25, -0.2) is 0 Å². The molecule has 2 aromatic rings. The van der Waals surface area contributed by atoms with Crippen molar-refractivity contribution in [2.75, 3.05) is 13.2 Å². The zero-order valence-electron chi connectivity index (χ0n) is 20.3. The van der Waals surface area contributed by atoms with Crippen molar-refractivity contribution in [3.05, 3.63) is 35.5 Å². The van der Waals surface area contributed by atoms with E-state index in [0.29, 0.717) is 12.6 Å². The number of carbonyl (C=O) groups excluding carboxylic acids is 2. The molecule has 1 aromatic heterocycles. The molecule has 2 atom stereocenters. The number of rotatable bonds is 11. The third-order valence-electron chi connectivity index (χ3n) is 7.01. The Morgan fingerprint density at radius 3 is 2.71 bits per heavy atom. The normalized spacial score (nSPS) is 18.9. The molecule has 1 unspecified atom stereocenters. The van der Waals surface area contributed by atoms with Crippen LogP contribution in [0.1, 0.15) is 63.6 Å². The van der Waals surface area contributed by atoms with Crippen molar-refractivity contribution in [1.82, 2.24) is 14.8 Å². The highest BCUT2D eigenvalue weighted by Crippen LogP contribution is 2.27. The van der Waals surface area contributed by atoms with E-state index in [0.717, 1.165) is 68.1 Å². The van der Waals surface area contributed by atoms with Gasteiger partial charge >= 0.3 is 5.97 Å². The minimum absolute atomic E-state index is 0.0378. The Morgan fingerprint density at radius 1 is 1.24 bits per heavy atom. The van der Waals surface area contributed by atoms with Gasteiger partial charge in [-0.1, -0.05) is 12.1 Å². The first kappa shape index (κ1) is 24.3. The molecule has 4 N–H and O–H groups in total. The molecule has 0 radical (unpaired) electrons. The van der Waals surface area contributed by atoms with E-state index < -0.39 is 6.04 Å². The van der Waals surface area contributed by atoms with Gasteiger partial charge in [0.25, 0.3) is 0 Å². The van der Waals surface area contributed by atoms with Gasteiger partial charge in [0.15, 0.2) is 0 Å². The van der Waals surface area contributed by atoms with E-state index in [1.165, 1.54) is 5.69 Å². The van der Waals surface area contributed by atoms with Gasteiger partial charge in [0.1, 0.15) is 11.9 Å². The van der Waals surface area contributed by atoms with Crippen LogP contribution < -0.4 is 11.1 Å². The van der Waals surface area contributed by atoms with Gasteiger partial charge in [-0.2, -0.15) is 0 Å². The molecule has 1 aliphatic heterocycles. The largest absolute Gasteiger partial charge is 0.465 e. The van der Waals surface area contributed by atoms with Crippen molar-refractivity contribution < 1.29 is 14.3 Å². The van der Waals surface area contributed by atoms with Crippen LogP contribution in [0.5, 0.6) is 0 Å². The van der Waals surface area contributed by atoms with Crippen LogP contribution in [0.4, 0.5) is 0 Å². The lowest BCUT2D eigenvalue weighted by Gasteiger charge is -2.27. The number of carbonyl (C=O) groups is 2. The van der Waals surface area contributed by atoms with Crippen LogP contribution in [0, 0.1) is 5.41 Å².